The van der Waals surface area contributed by atoms with E-state index in [1.54, 1.807) is 11.5 Å². The topological polar surface area (TPSA) is 12.9 Å². The Hall–Kier alpha value is -0.600. The van der Waals surface area contributed by atoms with Crippen LogP contribution in [0.1, 0.15) is 11.8 Å². The highest BCUT2D eigenvalue weighted by Crippen LogP contribution is 2.24. The summed E-state index contributed by atoms with van der Waals surface area (Å²) in [5, 5.41) is 1.43. The zero-order valence-electron chi connectivity index (χ0n) is 7.33. The van der Waals surface area contributed by atoms with Crippen LogP contribution in [-0.2, 0) is 6.42 Å². The number of benzene rings is 1. The summed E-state index contributed by atoms with van der Waals surface area (Å²) in [5.74, 6) is 0. The molecule has 0 saturated carbocycles. The van der Waals surface area contributed by atoms with E-state index in [2.05, 4.69) is 10.4 Å². The molecule has 0 fully saturated rings. The van der Waals surface area contributed by atoms with E-state index < -0.39 is 0 Å². The molecule has 0 N–H and O–H groups in total. The average Bonchev–Trinajstić information content (AvgIpc) is 2.48. The molecule has 0 aliphatic carbocycles. The summed E-state index contributed by atoms with van der Waals surface area (Å²) in [4.78, 5) is 1.29. The van der Waals surface area contributed by atoms with Gasteiger partial charge < -0.3 is 0 Å². The third-order valence-electron chi connectivity index (χ3n) is 1.93. The van der Waals surface area contributed by atoms with Crippen LogP contribution in [0.25, 0.3) is 10.9 Å². The van der Waals surface area contributed by atoms with Crippen LogP contribution in [-0.4, -0.2) is 9.75 Å². The molecule has 0 radical (unpaired) electrons. The first-order valence-corrected chi connectivity index (χ1v) is 5.45. The van der Waals surface area contributed by atoms with Crippen LogP contribution in [0.2, 0.25) is 0 Å². The highest BCUT2D eigenvalue weighted by atomic mass is 35.5. The fraction of sp³-hybridized carbons (Fsp3) is 0.300. The Morgan fingerprint density at radius 1 is 1.46 bits per heavy atom. The van der Waals surface area contributed by atoms with E-state index in [-0.39, 0.29) is 5.38 Å². The van der Waals surface area contributed by atoms with Gasteiger partial charge in [0.1, 0.15) is 0 Å². The van der Waals surface area contributed by atoms with E-state index in [9.17, 15) is 0 Å². The highest BCUT2D eigenvalue weighted by Gasteiger charge is 2.07. The smallest absolute Gasteiger partial charge is 0.0843 e. The highest BCUT2D eigenvalue weighted by molar-refractivity contribution is 7.07. The van der Waals surface area contributed by atoms with Crippen LogP contribution in [0.3, 0.4) is 0 Å². The second-order valence-electron chi connectivity index (χ2n) is 3.11. The van der Waals surface area contributed by atoms with Gasteiger partial charge in [-0.25, -0.2) is 0 Å². The summed E-state index contributed by atoms with van der Waals surface area (Å²) in [6.07, 6.45) is 0.909. The minimum atomic E-state index is 0.184. The summed E-state index contributed by atoms with van der Waals surface area (Å²) in [5.41, 5.74) is 1.08. The largest absolute Gasteiger partial charge is 0.192 e. The maximum atomic E-state index is 5.95. The Kier molecular flexibility index (Phi) is 2.51. The molecule has 2 aromatic rings. The molecule has 0 bridgehead atoms. The molecular formula is C10H10ClNS. The van der Waals surface area contributed by atoms with Gasteiger partial charge in [-0.15, -0.1) is 11.6 Å². The van der Waals surface area contributed by atoms with Crippen molar-refractivity contribution >= 4 is 34.0 Å². The first-order valence-electron chi connectivity index (χ1n) is 4.25. The first-order chi connectivity index (χ1) is 6.27. The van der Waals surface area contributed by atoms with Crippen LogP contribution >= 0.6 is 23.1 Å². The summed E-state index contributed by atoms with van der Waals surface area (Å²) in [6, 6.07) is 8.19. The maximum absolute atomic E-state index is 5.95. The Bertz CT molecular complexity index is 408. The summed E-state index contributed by atoms with van der Waals surface area (Å²) in [6.45, 7) is 2.01. The lowest BCUT2D eigenvalue weighted by atomic mass is 10.2. The van der Waals surface area contributed by atoms with Gasteiger partial charge >= 0.3 is 0 Å². The minimum Gasteiger partial charge on any atom is -0.192 e. The maximum Gasteiger partial charge on any atom is 0.0843 e. The van der Waals surface area contributed by atoms with Gasteiger partial charge in [0, 0.05) is 22.1 Å². The predicted molar refractivity (Wildman–Crippen MR) is 58.6 cm³/mol. The van der Waals surface area contributed by atoms with E-state index >= 15 is 0 Å². The first kappa shape index (κ1) is 8.97. The number of fused-ring (bicyclic) bond motifs is 1. The van der Waals surface area contributed by atoms with Crippen molar-refractivity contribution in [2.24, 2.45) is 0 Å². The Labute approximate surface area is 86.5 Å². The fourth-order valence-corrected chi connectivity index (χ4v) is 2.55. The van der Waals surface area contributed by atoms with E-state index in [1.165, 1.54) is 10.3 Å². The number of halogens is 1. The van der Waals surface area contributed by atoms with Crippen LogP contribution in [0.4, 0.5) is 0 Å². The quantitative estimate of drug-likeness (QED) is 0.694. The molecule has 0 saturated heterocycles. The van der Waals surface area contributed by atoms with Gasteiger partial charge in [-0.3, -0.25) is 0 Å². The second kappa shape index (κ2) is 3.64. The zero-order chi connectivity index (χ0) is 9.26. The molecule has 2 rings (SSSR count). The number of hydrogen-bond acceptors (Lipinski definition) is 2. The van der Waals surface area contributed by atoms with Gasteiger partial charge in [0.15, 0.2) is 0 Å². The Morgan fingerprint density at radius 3 is 3.00 bits per heavy atom. The molecule has 3 heteroatoms. The van der Waals surface area contributed by atoms with E-state index in [0.717, 1.165) is 11.9 Å². The van der Waals surface area contributed by atoms with Crippen molar-refractivity contribution in [3.63, 3.8) is 0 Å². The van der Waals surface area contributed by atoms with Crippen molar-refractivity contribution in [2.45, 2.75) is 18.7 Å². The molecule has 68 valence electrons. The van der Waals surface area contributed by atoms with Gasteiger partial charge in [-0.2, -0.15) is 4.37 Å². The predicted octanol–water partition coefficient (Wildman–Crippen LogP) is 3.47. The summed E-state index contributed by atoms with van der Waals surface area (Å²) < 4.78 is 4.35. The monoisotopic (exact) mass is 211 g/mol. The van der Waals surface area contributed by atoms with E-state index in [1.807, 2.05) is 25.1 Å². The van der Waals surface area contributed by atoms with Crippen LogP contribution in [0.5, 0.6) is 0 Å². The normalized spacial score (nSPS) is 13.4. The molecule has 1 atom stereocenters. The van der Waals surface area contributed by atoms with Crippen molar-refractivity contribution in [2.75, 3.05) is 0 Å². The molecule has 1 nitrogen and oxygen atoms in total. The van der Waals surface area contributed by atoms with Crippen molar-refractivity contribution in [1.29, 1.82) is 0 Å². The standard InChI is InChI=1S/C10H10ClNS/c1-7(11)6-10-8-4-2-3-5-9(8)12-13-10/h2-5,7H,6H2,1H3. The average molecular weight is 212 g/mol. The van der Waals surface area contributed by atoms with Crippen LogP contribution in [0, 0.1) is 0 Å². The fourth-order valence-electron chi connectivity index (χ4n) is 1.35. The van der Waals surface area contributed by atoms with Crippen molar-refractivity contribution in [1.82, 2.24) is 4.37 Å². The molecule has 0 spiro atoms. The lowest BCUT2D eigenvalue weighted by molar-refractivity contribution is 0.955. The number of hydrogen-bond donors (Lipinski definition) is 0. The van der Waals surface area contributed by atoms with Gasteiger partial charge in [-0.1, -0.05) is 18.2 Å². The van der Waals surface area contributed by atoms with Crippen LogP contribution < -0.4 is 0 Å². The molecule has 0 aliphatic rings. The third-order valence-corrected chi connectivity index (χ3v) is 2.97. The lowest BCUT2D eigenvalue weighted by Gasteiger charge is -1.98. The Balaban J connectivity index is 2.46. The molecule has 1 unspecified atom stereocenters. The molecule has 1 aromatic carbocycles. The molecule has 13 heavy (non-hydrogen) atoms. The molecular weight excluding hydrogens is 202 g/mol. The second-order valence-corrected chi connectivity index (χ2v) is 4.71. The molecule has 1 heterocycles. The van der Waals surface area contributed by atoms with Gasteiger partial charge in [0.2, 0.25) is 0 Å². The Morgan fingerprint density at radius 2 is 2.23 bits per heavy atom. The SMILES string of the molecule is CC(Cl)Cc1snc2ccccc12. The van der Waals surface area contributed by atoms with E-state index in [4.69, 9.17) is 11.6 Å². The number of nitrogens with zero attached hydrogens (tertiary/aromatic N) is 1. The van der Waals surface area contributed by atoms with Crippen molar-refractivity contribution in [3.8, 4) is 0 Å². The minimum absolute atomic E-state index is 0.184. The third kappa shape index (κ3) is 1.84. The molecule has 0 aliphatic heterocycles. The van der Waals surface area contributed by atoms with Crippen molar-refractivity contribution < 1.29 is 0 Å². The lowest BCUT2D eigenvalue weighted by Crippen LogP contribution is -1.94. The molecule has 0 amide bonds. The summed E-state index contributed by atoms with van der Waals surface area (Å²) in [7, 11) is 0. The number of rotatable bonds is 2. The van der Waals surface area contributed by atoms with Gasteiger partial charge in [0.05, 0.1) is 5.52 Å². The number of alkyl halides is 1. The van der Waals surface area contributed by atoms with Gasteiger partial charge in [-0.05, 0) is 24.5 Å². The molecule has 1 aromatic heterocycles. The summed E-state index contributed by atoms with van der Waals surface area (Å²) >= 11 is 7.51. The van der Waals surface area contributed by atoms with E-state index in [0.29, 0.717) is 0 Å². The van der Waals surface area contributed by atoms with Crippen LogP contribution in [0.15, 0.2) is 24.3 Å². The van der Waals surface area contributed by atoms with Gasteiger partial charge in [0.25, 0.3) is 0 Å². The van der Waals surface area contributed by atoms with Crippen molar-refractivity contribution in [3.05, 3.63) is 29.1 Å². The number of aromatic nitrogens is 1. The zero-order valence-corrected chi connectivity index (χ0v) is 8.90.